The Bertz CT molecular complexity index is 508. The van der Waals surface area contributed by atoms with Gasteiger partial charge in [0.2, 0.25) is 0 Å². The SMILES string of the molecule is O=C(O)c1c(O)ccc2ccccc12.[Mn]. The third-order valence-corrected chi connectivity index (χ3v) is 2.12. The number of aromatic carboxylic acids is 1. The number of phenols is 1. The van der Waals surface area contributed by atoms with Crippen LogP contribution in [0.2, 0.25) is 0 Å². The van der Waals surface area contributed by atoms with Gasteiger partial charge in [-0.1, -0.05) is 30.3 Å². The van der Waals surface area contributed by atoms with E-state index in [0.717, 1.165) is 5.39 Å². The fourth-order valence-electron chi connectivity index (χ4n) is 1.48. The molecule has 0 saturated carbocycles. The van der Waals surface area contributed by atoms with Crippen molar-refractivity contribution in [3.05, 3.63) is 42.0 Å². The predicted octanol–water partition coefficient (Wildman–Crippen LogP) is 2.24. The quantitative estimate of drug-likeness (QED) is 0.755. The molecule has 0 spiro atoms. The van der Waals surface area contributed by atoms with Crippen molar-refractivity contribution in [2.45, 2.75) is 0 Å². The van der Waals surface area contributed by atoms with Crippen LogP contribution in [0.25, 0.3) is 10.8 Å². The van der Waals surface area contributed by atoms with Gasteiger partial charge in [0.15, 0.2) is 0 Å². The van der Waals surface area contributed by atoms with E-state index in [1.165, 1.54) is 6.07 Å². The molecule has 0 heterocycles. The molecule has 2 aromatic carbocycles. The van der Waals surface area contributed by atoms with Crippen LogP contribution < -0.4 is 0 Å². The fraction of sp³-hybridized carbons (Fsp3) is 0. The van der Waals surface area contributed by atoms with Crippen molar-refractivity contribution in [3.8, 4) is 5.75 Å². The first-order chi connectivity index (χ1) is 6.70. The molecule has 4 heteroatoms. The Morgan fingerprint density at radius 1 is 1.07 bits per heavy atom. The van der Waals surface area contributed by atoms with Crippen LogP contribution in [0.5, 0.6) is 5.75 Å². The zero-order chi connectivity index (χ0) is 10.1. The number of carbonyl (C=O) groups is 1. The molecule has 2 aromatic rings. The number of hydrogen-bond acceptors (Lipinski definition) is 2. The van der Waals surface area contributed by atoms with E-state index in [1.807, 2.05) is 6.07 Å². The van der Waals surface area contributed by atoms with E-state index in [0.29, 0.717) is 5.39 Å². The van der Waals surface area contributed by atoms with Crippen LogP contribution in [0.1, 0.15) is 10.4 Å². The molecule has 0 unspecified atom stereocenters. The minimum Gasteiger partial charge on any atom is -0.507 e. The van der Waals surface area contributed by atoms with E-state index in [9.17, 15) is 9.90 Å². The van der Waals surface area contributed by atoms with Crippen molar-refractivity contribution >= 4 is 16.7 Å². The minimum atomic E-state index is -1.11. The first-order valence-corrected chi connectivity index (χ1v) is 4.14. The molecule has 0 bridgehead atoms. The summed E-state index contributed by atoms with van der Waals surface area (Å²) in [5, 5.41) is 19.7. The molecule has 77 valence electrons. The molecule has 0 aliphatic rings. The monoisotopic (exact) mass is 243 g/mol. The molecule has 3 nitrogen and oxygen atoms in total. The van der Waals surface area contributed by atoms with Crippen molar-refractivity contribution in [3.63, 3.8) is 0 Å². The Hall–Kier alpha value is -1.51. The Balaban J connectivity index is 0.00000112. The van der Waals surface area contributed by atoms with Crippen LogP contribution in [0.3, 0.4) is 0 Å². The van der Waals surface area contributed by atoms with Gasteiger partial charge in [-0.2, -0.15) is 0 Å². The second-order valence-electron chi connectivity index (χ2n) is 2.99. The van der Waals surface area contributed by atoms with Gasteiger partial charge < -0.3 is 10.2 Å². The van der Waals surface area contributed by atoms with Gasteiger partial charge in [0.1, 0.15) is 11.3 Å². The molecule has 2 rings (SSSR count). The van der Waals surface area contributed by atoms with E-state index in [4.69, 9.17) is 5.11 Å². The van der Waals surface area contributed by atoms with Crippen molar-refractivity contribution < 1.29 is 32.1 Å². The first kappa shape index (κ1) is 11.6. The summed E-state index contributed by atoms with van der Waals surface area (Å²) in [7, 11) is 0. The van der Waals surface area contributed by atoms with Crippen molar-refractivity contribution in [2.24, 2.45) is 0 Å². The topological polar surface area (TPSA) is 57.5 Å². The molecule has 1 radical (unpaired) electrons. The average molecular weight is 243 g/mol. The van der Waals surface area contributed by atoms with Gasteiger partial charge in [-0.3, -0.25) is 0 Å². The molecule has 0 saturated heterocycles. The van der Waals surface area contributed by atoms with Crippen LogP contribution in [0.4, 0.5) is 0 Å². The molecule has 15 heavy (non-hydrogen) atoms. The normalized spacial score (nSPS) is 9.60. The number of aromatic hydroxyl groups is 1. The second kappa shape index (κ2) is 4.34. The maximum atomic E-state index is 10.9. The van der Waals surface area contributed by atoms with Gasteiger partial charge >= 0.3 is 5.97 Å². The number of hydrogen-bond donors (Lipinski definition) is 2. The Morgan fingerprint density at radius 3 is 2.40 bits per heavy atom. The summed E-state index contributed by atoms with van der Waals surface area (Å²) in [6, 6.07) is 10.1. The van der Waals surface area contributed by atoms with Crippen molar-refractivity contribution in [1.29, 1.82) is 0 Å². The van der Waals surface area contributed by atoms with Crippen LogP contribution in [-0.2, 0) is 17.1 Å². The first-order valence-electron chi connectivity index (χ1n) is 4.14. The molecule has 0 atom stereocenters. The largest absolute Gasteiger partial charge is 0.507 e. The molecule has 0 fully saturated rings. The molecular weight excluding hydrogens is 235 g/mol. The Morgan fingerprint density at radius 2 is 1.73 bits per heavy atom. The maximum absolute atomic E-state index is 10.9. The fourth-order valence-corrected chi connectivity index (χ4v) is 1.48. The number of carboxylic acids is 1. The van der Waals surface area contributed by atoms with E-state index < -0.39 is 5.97 Å². The van der Waals surface area contributed by atoms with Crippen LogP contribution >= 0.6 is 0 Å². The van der Waals surface area contributed by atoms with Gasteiger partial charge in [-0.25, -0.2) is 4.79 Å². The van der Waals surface area contributed by atoms with Crippen LogP contribution in [0, 0.1) is 0 Å². The van der Waals surface area contributed by atoms with Gasteiger partial charge in [0.25, 0.3) is 0 Å². The van der Waals surface area contributed by atoms with Gasteiger partial charge in [0, 0.05) is 17.1 Å². The number of benzene rings is 2. The average Bonchev–Trinajstić information content (AvgIpc) is 2.17. The summed E-state index contributed by atoms with van der Waals surface area (Å²) in [6.45, 7) is 0. The van der Waals surface area contributed by atoms with Crippen LogP contribution in [-0.4, -0.2) is 16.2 Å². The van der Waals surface area contributed by atoms with E-state index in [1.54, 1.807) is 24.3 Å². The zero-order valence-corrected chi connectivity index (χ0v) is 8.83. The third-order valence-electron chi connectivity index (χ3n) is 2.12. The second-order valence-corrected chi connectivity index (χ2v) is 2.99. The molecule has 2 N–H and O–H groups in total. The van der Waals surface area contributed by atoms with Gasteiger partial charge in [-0.05, 0) is 16.8 Å². The minimum absolute atomic E-state index is 0. The Kier molecular flexibility index (Phi) is 3.35. The molecule has 0 aliphatic carbocycles. The molecule has 0 amide bonds. The summed E-state index contributed by atoms with van der Waals surface area (Å²) in [5.74, 6) is -1.31. The predicted molar refractivity (Wildman–Crippen MR) is 52.6 cm³/mol. The number of rotatable bonds is 1. The van der Waals surface area contributed by atoms with Gasteiger partial charge in [0.05, 0.1) is 0 Å². The molecule has 0 aliphatic heterocycles. The third kappa shape index (κ3) is 1.96. The molecule has 0 aromatic heterocycles. The summed E-state index contributed by atoms with van der Waals surface area (Å²) < 4.78 is 0. The zero-order valence-electron chi connectivity index (χ0n) is 7.64. The van der Waals surface area contributed by atoms with E-state index >= 15 is 0 Å². The summed E-state index contributed by atoms with van der Waals surface area (Å²) in [6.07, 6.45) is 0. The van der Waals surface area contributed by atoms with Crippen LogP contribution in [0.15, 0.2) is 36.4 Å². The number of carboxylic acid groups (broad SMARTS) is 1. The Labute approximate surface area is 96.8 Å². The van der Waals surface area contributed by atoms with E-state index in [-0.39, 0.29) is 28.4 Å². The maximum Gasteiger partial charge on any atom is 0.340 e. The van der Waals surface area contributed by atoms with E-state index in [2.05, 4.69) is 0 Å². The number of fused-ring (bicyclic) bond motifs is 1. The standard InChI is InChI=1S/C11H8O3.Mn/c12-9-6-5-7-3-1-2-4-8(7)10(9)11(13)14;/h1-6,12H,(H,13,14);. The smallest absolute Gasteiger partial charge is 0.340 e. The van der Waals surface area contributed by atoms with Crippen molar-refractivity contribution in [2.75, 3.05) is 0 Å². The summed E-state index contributed by atoms with van der Waals surface area (Å²) in [5.41, 5.74) is -0.0388. The van der Waals surface area contributed by atoms with Gasteiger partial charge in [-0.15, -0.1) is 0 Å². The summed E-state index contributed by atoms with van der Waals surface area (Å²) >= 11 is 0. The summed E-state index contributed by atoms with van der Waals surface area (Å²) in [4.78, 5) is 10.9. The van der Waals surface area contributed by atoms with Crippen molar-refractivity contribution in [1.82, 2.24) is 0 Å². The molecular formula is C11H8MnO3.